The number of benzene rings is 1. The zero-order chi connectivity index (χ0) is 23.7. The second kappa shape index (κ2) is 9.45. The summed E-state index contributed by atoms with van der Waals surface area (Å²) in [5.74, 6) is 0.420. The Morgan fingerprint density at radius 1 is 1.26 bits per heavy atom. The molecule has 2 aromatic rings. The van der Waals surface area contributed by atoms with Crippen LogP contribution in [0.2, 0.25) is 0 Å². The number of hydrazine groups is 1. The number of pyridine rings is 1. The van der Waals surface area contributed by atoms with Crippen molar-refractivity contribution in [3.8, 4) is 0 Å². The molecule has 0 fully saturated rings. The van der Waals surface area contributed by atoms with Crippen molar-refractivity contribution in [1.29, 1.82) is 0 Å². The largest absolute Gasteiger partial charge is 0.348 e. The fourth-order valence-electron chi connectivity index (χ4n) is 5.66. The molecule has 34 heavy (non-hydrogen) atoms. The highest BCUT2D eigenvalue weighted by molar-refractivity contribution is 5.92. The number of halogens is 1. The Hall–Kier alpha value is -3.41. The Balaban J connectivity index is 1.35. The number of allylic oxidation sites excluding steroid dienone is 4. The standard InChI is InChI=1S/C28H31FN4O/c1-3-6-22(32-28(34)25-7-4-5-14-30-25)15-19-8-9-20-16-26-24(18(2)27(19)20)17-31-33(26)23-12-10-21(29)11-13-23/h4-5,7,10-14,16-19,22,31H,3,6,8-9,15H2,1-2H3,(H,32,34)/t18-,19+,22?/m0/s1. The van der Waals surface area contributed by atoms with E-state index < -0.39 is 0 Å². The number of aromatic nitrogens is 1. The molecule has 2 N–H and O–H groups in total. The lowest BCUT2D eigenvalue weighted by atomic mass is 9.78. The van der Waals surface area contributed by atoms with Gasteiger partial charge in [0.15, 0.2) is 0 Å². The van der Waals surface area contributed by atoms with Crippen LogP contribution in [0.25, 0.3) is 0 Å². The molecule has 176 valence electrons. The van der Waals surface area contributed by atoms with Crippen molar-refractivity contribution in [3.05, 3.63) is 94.9 Å². The number of rotatable bonds is 7. The van der Waals surface area contributed by atoms with Gasteiger partial charge in [-0.2, -0.15) is 0 Å². The number of carbonyl (C=O) groups excluding carboxylic acids is 1. The maximum Gasteiger partial charge on any atom is 0.270 e. The number of hydrogen-bond donors (Lipinski definition) is 2. The Bertz CT molecular complexity index is 1150. The normalized spacial score (nSPS) is 21.9. The number of amides is 1. The molecule has 1 aromatic carbocycles. The van der Waals surface area contributed by atoms with E-state index in [-0.39, 0.29) is 17.8 Å². The summed E-state index contributed by atoms with van der Waals surface area (Å²) < 4.78 is 13.4. The van der Waals surface area contributed by atoms with Crippen LogP contribution in [0.3, 0.4) is 0 Å². The smallest absolute Gasteiger partial charge is 0.270 e. The van der Waals surface area contributed by atoms with Crippen molar-refractivity contribution in [1.82, 2.24) is 15.7 Å². The van der Waals surface area contributed by atoms with E-state index in [1.807, 2.05) is 17.1 Å². The molecule has 0 saturated heterocycles. The van der Waals surface area contributed by atoms with Crippen LogP contribution in [-0.2, 0) is 0 Å². The number of hydrogen-bond acceptors (Lipinski definition) is 4. The fourth-order valence-corrected chi connectivity index (χ4v) is 5.66. The molecule has 2 heterocycles. The fraction of sp³-hybridized carbons (Fsp3) is 0.357. The Kier molecular flexibility index (Phi) is 6.22. The van der Waals surface area contributed by atoms with E-state index in [0.29, 0.717) is 17.5 Å². The van der Waals surface area contributed by atoms with Gasteiger partial charge in [0.25, 0.3) is 5.91 Å². The molecule has 3 aliphatic rings. The van der Waals surface area contributed by atoms with Crippen molar-refractivity contribution in [2.24, 2.45) is 11.8 Å². The number of nitrogens with one attached hydrogen (secondary N) is 2. The monoisotopic (exact) mass is 458 g/mol. The summed E-state index contributed by atoms with van der Waals surface area (Å²) in [6.45, 7) is 4.44. The van der Waals surface area contributed by atoms with Crippen LogP contribution in [0.4, 0.5) is 10.1 Å². The van der Waals surface area contributed by atoms with Crippen LogP contribution in [0, 0.1) is 17.7 Å². The second-order valence-electron chi connectivity index (χ2n) is 9.42. The highest BCUT2D eigenvalue weighted by Gasteiger charge is 2.38. The maximum atomic E-state index is 13.4. The average molecular weight is 459 g/mol. The van der Waals surface area contributed by atoms with Crippen molar-refractivity contribution in [2.45, 2.75) is 52.0 Å². The molecule has 3 atom stereocenters. The molecule has 0 spiro atoms. The van der Waals surface area contributed by atoms with E-state index >= 15 is 0 Å². The Morgan fingerprint density at radius 2 is 2.09 bits per heavy atom. The lowest BCUT2D eigenvalue weighted by Crippen LogP contribution is -2.37. The van der Waals surface area contributed by atoms with E-state index in [4.69, 9.17) is 0 Å². The zero-order valence-corrected chi connectivity index (χ0v) is 19.7. The molecular formula is C28H31FN4O. The number of nitrogens with zero attached hydrogens (tertiary/aromatic N) is 2. The number of fused-ring (bicyclic) bond motifs is 1. The number of carbonyl (C=O) groups is 1. The lowest BCUT2D eigenvalue weighted by Gasteiger charge is -2.31. The third kappa shape index (κ3) is 4.25. The Morgan fingerprint density at radius 3 is 2.82 bits per heavy atom. The van der Waals surface area contributed by atoms with E-state index in [0.717, 1.165) is 43.5 Å². The first-order valence-corrected chi connectivity index (χ1v) is 12.2. The molecule has 5 nitrogen and oxygen atoms in total. The maximum absolute atomic E-state index is 13.4. The summed E-state index contributed by atoms with van der Waals surface area (Å²) in [4.78, 5) is 17.0. The number of anilines is 1. The summed E-state index contributed by atoms with van der Waals surface area (Å²) in [5.41, 5.74) is 10.1. The molecule has 1 unspecified atom stereocenters. The van der Waals surface area contributed by atoms with Gasteiger partial charge in [0.1, 0.15) is 11.5 Å². The van der Waals surface area contributed by atoms with Gasteiger partial charge in [-0.15, -0.1) is 0 Å². The minimum absolute atomic E-state index is 0.0947. The topological polar surface area (TPSA) is 57.3 Å². The highest BCUT2D eigenvalue weighted by atomic mass is 19.1. The quantitative estimate of drug-likeness (QED) is 0.562. The van der Waals surface area contributed by atoms with Gasteiger partial charge >= 0.3 is 0 Å². The predicted molar refractivity (Wildman–Crippen MR) is 132 cm³/mol. The third-order valence-corrected chi connectivity index (χ3v) is 7.23. The van der Waals surface area contributed by atoms with Gasteiger partial charge in [-0.1, -0.05) is 31.9 Å². The van der Waals surface area contributed by atoms with Crippen molar-refractivity contribution in [3.63, 3.8) is 0 Å². The molecule has 6 heteroatoms. The van der Waals surface area contributed by atoms with Crippen LogP contribution in [0.5, 0.6) is 0 Å². The molecule has 5 rings (SSSR count). The SMILES string of the molecule is CCCC(C[C@H]1CCC2=C1[C@@H](C)C1=CNN(c3ccc(F)cc3)C1=C2)NC(=O)c1ccccn1. The summed E-state index contributed by atoms with van der Waals surface area (Å²) in [5, 5.41) is 5.28. The van der Waals surface area contributed by atoms with E-state index in [1.54, 1.807) is 24.4 Å². The van der Waals surface area contributed by atoms with Crippen molar-refractivity contribution < 1.29 is 9.18 Å². The van der Waals surface area contributed by atoms with Gasteiger partial charge in [0.05, 0.1) is 11.4 Å². The van der Waals surface area contributed by atoms with E-state index in [1.165, 1.54) is 28.9 Å². The van der Waals surface area contributed by atoms with Gasteiger partial charge in [-0.25, -0.2) is 4.39 Å². The lowest BCUT2D eigenvalue weighted by molar-refractivity contribution is 0.0924. The molecule has 1 aromatic heterocycles. The van der Waals surface area contributed by atoms with Gasteiger partial charge < -0.3 is 10.7 Å². The first-order valence-electron chi connectivity index (χ1n) is 12.2. The van der Waals surface area contributed by atoms with Crippen LogP contribution in [-0.4, -0.2) is 16.9 Å². The van der Waals surface area contributed by atoms with Gasteiger partial charge in [0.2, 0.25) is 0 Å². The average Bonchev–Trinajstić information content (AvgIpc) is 3.45. The van der Waals surface area contributed by atoms with Crippen LogP contribution in [0.15, 0.2) is 83.4 Å². The summed E-state index contributed by atoms with van der Waals surface area (Å²) in [6, 6.07) is 12.1. The summed E-state index contributed by atoms with van der Waals surface area (Å²) in [7, 11) is 0. The summed E-state index contributed by atoms with van der Waals surface area (Å²) >= 11 is 0. The molecular weight excluding hydrogens is 427 g/mol. The van der Waals surface area contributed by atoms with E-state index in [9.17, 15) is 9.18 Å². The first-order chi connectivity index (χ1) is 16.5. The molecule has 1 amide bonds. The van der Waals surface area contributed by atoms with Gasteiger partial charge in [-0.05, 0) is 79.6 Å². The zero-order valence-electron chi connectivity index (χ0n) is 19.7. The molecule has 0 radical (unpaired) electrons. The van der Waals surface area contributed by atoms with Crippen LogP contribution >= 0.6 is 0 Å². The van der Waals surface area contributed by atoms with Gasteiger partial charge in [-0.3, -0.25) is 14.8 Å². The predicted octanol–water partition coefficient (Wildman–Crippen LogP) is 5.66. The molecule has 1 aliphatic heterocycles. The second-order valence-corrected chi connectivity index (χ2v) is 9.42. The molecule has 2 aliphatic carbocycles. The first kappa shape index (κ1) is 22.4. The third-order valence-electron chi connectivity index (χ3n) is 7.23. The minimum atomic E-state index is -0.234. The van der Waals surface area contributed by atoms with Gasteiger partial charge in [0, 0.05) is 29.9 Å². The highest BCUT2D eigenvalue weighted by Crippen LogP contribution is 2.49. The molecule has 0 bridgehead atoms. The summed E-state index contributed by atoms with van der Waals surface area (Å²) in [6.07, 6.45) is 11.1. The van der Waals surface area contributed by atoms with Crippen LogP contribution < -0.4 is 15.8 Å². The van der Waals surface area contributed by atoms with Crippen molar-refractivity contribution >= 4 is 11.6 Å². The van der Waals surface area contributed by atoms with E-state index in [2.05, 4.69) is 41.9 Å². The van der Waals surface area contributed by atoms with Crippen molar-refractivity contribution in [2.75, 3.05) is 5.01 Å². The van der Waals surface area contributed by atoms with Crippen LogP contribution in [0.1, 0.15) is 56.4 Å². The minimum Gasteiger partial charge on any atom is -0.348 e. The Labute approximate surface area is 200 Å². The molecule has 0 saturated carbocycles.